The fraction of sp³-hybridized carbons (Fsp3) is 0.438. The molecule has 0 aromatic heterocycles. The number of benzene rings is 1. The Morgan fingerprint density at radius 1 is 1.28 bits per heavy atom. The van der Waals surface area contributed by atoms with Crippen molar-refractivity contribution < 1.29 is 4.79 Å². The fourth-order valence-electron chi connectivity index (χ4n) is 2.00. The van der Waals surface area contributed by atoms with Crippen molar-refractivity contribution in [2.75, 3.05) is 0 Å². The predicted molar refractivity (Wildman–Crippen MR) is 76.9 cm³/mol. The van der Waals surface area contributed by atoms with Crippen molar-refractivity contribution in [1.29, 1.82) is 0 Å². The van der Waals surface area contributed by atoms with E-state index >= 15 is 0 Å². The van der Waals surface area contributed by atoms with Crippen molar-refractivity contribution in [2.24, 2.45) is 11.1 Å². The third-order valence-corrected chi connectivity index (χ3v) is 3.55. The van der Waals surface area contributed by atoms with Crippen LogP contribution in [0.2, 0.25) is 0 Å². The molecule has 0 radical (unpaired) electrons. The molecule has 0 aliphatic rings. The van der Waals surface area contributed by atoms with Crippen LogP contribution >= 0.6 is 0 Å². The normalized spacial score (nSPS) is 15.2. The third-order valence-electron chi connectivity index (χ3n) is 3.55. The van der Waals surface area contributed by atoms with Crippen LogP contribution in [0.1, 0.15) is 45.6 Å². The van der Waals surface area contributed by atoms with Gasteiger partial charge >= 0.3 is 0 Å². The second-order valence-electron chi connectivity index (χ2n) is 4.96. The number of amides is 1. The highest BCUT2D eigenvalue weighted by molar-refractivity contribution is 5.83. The van der Waals surface area contributed by atoms with Crippen molar-refractivity contribution in [1.82, 2.24) is 0 Å². The second-order valence-corrected chi connectivity index (χ2v) is 4.96. The van der Waals surface area contributed by atoms with Gasteiger partial charge in [-0.3, -0.25) is 4.79 Å². The molecule has 1 unspecified atom stereocenters. The van der Waals surface area contributed by atoms with E-state index in [1.807, 2.05) is 32.0 Å². The minimum atomic E-state index is -0.461. The molecule has 1 aromatic rings. The van der Waals surface area contributed by atoms with Crippen LogP contribution in [-0.4, -0.2) is 5.91 Å². The summed E-state index contributed by atoms with van der Waals surface area (Å²) >= 11 is 0. The van der Waals surface area contributed by atoms with Crippen LogP contribution in [0, 0.1) is 5.41 Å². The number of rotatable bonds is 6. The third kappa shape index (κ3) is 3.46. The number of primary amides is 1. The van der Waals surface area contributed by atoms with Gasteiger partial charge in [0, 0.05) is 5.41 Å². The highest BCUT2D eigenvalue weighted by Crippen LogP contribution is 2.34. The molecule has 98 valence electrons. The molecule has 0 aliphatic carbocycles. The van der Waals surface area contributed by atoms with Gasteiger partial charge in [-0.05, 0) is 30.4 Å². The molecule has 0 saturated carbocycles. The van der Waals surface area contributed by atoms with Gasteiger partial charge in [-0.25, -0.2) is 0 Å². The molecule has 0 saturated heterocycles. The van der Waals surface area contributed by atoms with Gasteiger partial charge in [0.15, 0.2) is 0 Å². The standard InChI is InChI=1S/C16H23NO/c1-4-9-14(13-10-7-6-8-11-13)12-16(3,5-2)15(17)18/h6-11H,4-5,12H2,1-3H3,(H2,17,18)/b14-9+. The average molecular weight is 245 g/mol. The van der Waals surface area contributed by atoms with Crippen LogP contribution in [0.15, 0.2) is 36.4 Å². The zero-order valence-corrected chi connectivity index (χ0v) is 11.6. The van der Waals surface area contributed by atoms with E-state index < -0.39 is 5.41 Å². The largest absolute Gasteiger partial charge is 0.369 e. The van der Waals surface area contributed by atoms with Crippen molar-refractivity contribution in [3.63, 3.8) is 0 Å². The summed E-state index contributed by atoms with van der Waals surface area (Å²) in [5.74, 6) is -0.220. The molecule has 1 atom stereocenters. The molecule has 2 nitrogen and oxygen atoms in total. The van der Waals surface area contributed by atoms with Crippen molar-refractivity contribution in [3.05, 3.63) is 42.0 Å². The zero-order chi connectivity index (χ0) is 13.6. The maximum atomic E-state index is 11.6. The topological polar surface area (TPSA) is 43.1 Å². The Morgan fingerprint density at radius 3 is 2.33 bits per heavy atom. The molecule has 0 heterocycles. The molecular weight excluding hydrogens is 222 g/mol. The summed E-state index contributed by atoms with van der Waals surface area (Å²) in [6, 6.07) is 10.2. The molecular formula is C16H23NO. The minimum absolute atomic E-state index is 0.220. The van der Waals surface area contributed by atoms with E-state index in [1.54, 1.807) is 0 Å². The lowest BCUT2D eigenvalue weighted by Gasteiger charge is -2.26. The van der Waals surface area contributed by atoms with Crippen LogP contribution in [-0.2, 0) is 4.79 Å². The molecule has 0 fully saturated rings. The summed E-state index contributed by atoms with van der Waals surface area (Å²) in [4.78, 5) is 11.6. The first-order chi connectivity index (χ1) is 8.53. The first kappa shape index (κ1) is 14.5. The summed E-state index contributed by atoms with van der Waals surface area (Å²) in [5, 5.41) is 0. The Bertz CT molecular complexity index is 422. The molecule has 2 heteroatoms. The number of nitrogens with two attached hydrogens (primary N) is 1. The maximum Gasteiger partial charge on any atom is 0.223 e. The van der Waals surface area contributed by atoms with E-state index in [-0.39, 0.29) is 5.91 Å². The SMILES string of the molecule is CC/C=C(\CC(C)(CC)C(N)=O)c1ccccc1. The lowest BCUT2D eigenvalue weighted by Crippen LogP contribution is -2.34. The van der Waals surface area contributed by atoms with Crippen LogP contribution < -0.4 is 5.73 Å². The fourth-order valence-corrected chi connectivity index (χ4v) is 2.00. The van der Waals surface area contributed by atoms with Crippen LogP contribution in [0.25, 0.3) is 5.57 Å². The van der Waals surface area contributed by atoms with E-state index in [1.165, 1.54) is 11.1 Å². The van der Waals surface area contributed by atoms with Gasteiger partial charge in [0.1, 0.15) is 0 Å². The van der Waals surface area contributed by atoms with E-state index in [2.05, 4.69) is 25.1 Å². The average Bonchev–Trinajstić information content (AvgIpc) is 2.39. The monoisotopic (exact) mass is 245 g/mol. The molecule has 0 aliphatic heterocycles. The summed E-state index contributed by atoms with van der Waals surface area (Å²) in [5.41, 5.74) is 7.47. The van der Waals surface area contributed by atoms with Gasteiger partial charge in [-0.1, -0.05) is 57.2 Å². The smallest absolute Gasteiger partial charge is 0.223 e. The van der Waals surface area contributed by atoms with Crippen LogP contribution in [0.3, 0.4) is 0 Å². The van der Waals surface area contributed by atoms with Gasteiger partial charge in [0.05, 0.1) is 0 Å². The Labute approximate surface area is 110 Å². The molecule has 1 rings (SSSR count). The first-order valence-electron chi connectivity index (χ1n) is 6.58. The molecule has 18 heavy (non-hydrogen) atoms. The Hall–Kier alpha value is -1.57. The molecule has 1 aromatic carbocycles. The number of hydrogen-bond donors (Lipinski definition) is 1. The summed E-state index contributed by atoms with van der Waals surface area (Å²) in [6.45, 7) is 6.07. The number of allylic oxidation sites excluding steroid dienone is 2. The van der Waals surface area contributed by atoms with Gasteiger partial charge in [-0.2, -0.15) is 0 Å². The summed E-state index contributed by atoms with van der Waals surface area (Å²) < 4.78 is 0. The first-order valence-corrected chi connectivity index (χ1v) is 6.58. The maximum absolute atomic E-state index is 11.6. The summed E-state index contributed by atoms with van der Waals surface area (Å²) in [7, 11) is 0. The molecule has 1 amide bonds. The Balaban J connectivity index is 3.02. The predicted octanol–water partition coefficient (Wildman–Crippen LogP) is 3.77. The van der Waals surface area contributed by atoms with E-state index in [0.29, 0.717) is 6.42 Å². The summed E-state index contributed by atoms with van der Waals surface area (Å²) in [6.07, 6.45) is 4.61. The van der Waals surface area contributed by atoms with Crippen LogP contribution in [0.4, 0.5) is 0 Å². The van der Waals surface area contributed by atoms with Gasteiger partial charge in [-0.15, -0.1) is 0 Å². The highest BCUT2D eigenvalue weighted by Gasteiger charge is 2.30. The second kappa shape index (κ2) is 6.39. The lowest BCUT2D eigenvalue weighted by atomic mass is 9.78. The zero-order valence-electron chi connectivity index (χ0n) is 11.6. The number of carbonyl (C=O) groups is 1. The van der Waals surface area contributed by atoms with E-state index in [9.17, 15) is 4.79 Å². The van der Waals surface area contributed by atoms with Gasteiger partial charge in [0.2, 0.25) is 5.91 Å². The Morgan fingerprint density at radius 2 is 1.89 bits per heavy atom. The van der Waals surface area contributed by atoms with Crippen molar-refractivity contribution in [2.45, 2.75) is 40.0 Å². The van der Waals surface area contributed by atoms with E-state index in [4.69, 9.17) is 5.73 Å². The number of hydrogen-bond acceptors (Lipinski definition) is 1. The van der Waals surface area contributed by atoms with Crippen molar-refractivity contribution >= 4 is 11.5 Å². The minimum Gasteiger partial charge on any atom is -0.369 e. The lowest BCUT2D eigenvalue weighted by molar-refractivity contribution is -0.126. The van der Waals surface area contributed by atoms with Crippen LogP contribution in [0.5, 0.6) is 0 Å². The van der Waals surface area contributed by atoms with Crippen molar-refractivity contribution in [3.8, 4) is 0 Å². The highest BCUT2D eigenvalue weighted by atomic mass is 16.1. The van der Waals surface area contributed by atoms with E-state index in [0.717, 1.165) is 12.8 Å². The quantitative estimate of drug-likeness (QED) is 0.814. The molecule has 0 spiro atoms. The number of carbonyl (C=O) groups excluding carboxylic acids is 1. The van der Waals surface area contributed by atoms with Gasteiger partial charge < -0.3 is 5.73 Å². The molecule has 2 N–H and O–H groups in total. The molecule has 0 bridgehead atoms. The Kier molecular flexibility index (Phi) is 5.14. The van der Waals surface area contributed by atoms with Gasteiger partial charge in [0.25, 0.3) is 0 Å².